The summed E-state index contributed by atoms with van der Waals surface area (Å²) in [4.78, 5) is 13.3. The van der Waals surface area contributed by atoms with E-state index < -0.39 is 0 Å². The molecule has 0 aliphatic carbocycles. The van der Waals surface area contributed by atoms with Crippen molar-refractivity contribution in [1.29, 1.82) is 0 Å². The van der Waals surface area contributed by atoms with Crippen LogP contribution in [0.2, 0.25) is 0 Å². The van der Waals surface area contributed by atoms with Crippen LogP contribution in [0.4, 0.5) is 11.4 Å². The van der Waals surface area contributed by atoms with E-state index in [-0.39, 0.29) is 5.91 Å². The Morgan fingerprint density at radius 3 is 2.47 bits per heavy atom. The Balaban J connectivity index is 3.20. The molecule has 102 valence electrons. The number of para-hydroxylation sites is 1. The van der Waals surface area contributed by atoms with E-state index in [9.17, 15) is 4.79 Å². The molecule has 0 atom stereocenters. The molecular formula is C15H20N2O2. The Morgan fingerprint density at radius 2 is 2.00 bits per heavy atom. The maximum atomic E-state index is 11.2. The number of carbonyl (C=O) groups excluding carboxylic acids is 1. The predicted molar refractivity (Wildman–Crippen MR) is 79.9 cm³/mol. The lowest BCUT2D eigenvalue weighted by Crippen LogP contribution is -2.24. The molecule has 1 aromatic carbocycles. The Morgan fingerprint density at radius 1 is 1.37 bits per heavy atom. The van der Waals surface area contributed by atoms with Gasteiger partial charge >= 0.3 is 0 Å². The minimum Gasteiger partial charge on any atom is -0.492 e. The first-order chi connectivity index (χ1) is 9.13. The number of nitrogens with one attached hydrogen (secondary N) is 1. The van der Waals surface area contributed by atoms with Gasteiger partial charge in [0, 0.05) is 20.0 Å². The SMILES string of the molecule is C=CCN(CC=C)c1cccc(NC(C)=O)c1OC. The van der Waals surface area contributed by atoms with Crippen molar-refractivity contribution in [3.63, 3.8) is 0 Å². The van der Waals surface area contributed by atoms with E-state index in [0.717, 1.165) is 5.69 Å². The van der Waals surface area contributed by atoms with Crippen molar-refractivity contribution in [3.05, 3.63) is 43.5 Å². The number of anilines is 2. The molecule has 4 heteroatoms. The molecule has 4 nitrogen and oxygen atoms in total. The molecule has 0 aliphatic rings. The largest absolute Gasteiger partial charge is 0.492 e. The van der Waals surface area contributed by atoms with Gasteiger partial charge in [-0.1, -0.05) is 18.2 Å². The molecule has 0 spiro atoms. The average Bonchev–Trinajstić information content (AvgIpc) is 2.37. The molecule has 19 heavy (non-hydrogen) atoms. The molecule has 0 heterocycles. The zero-order chi connectivity index (χ0) is 14.3. The van der Waals surface area contributed by atoms with E-state index in [0.29, 0.717) is 24.5 Å². The number of nitrogens with zero attached hydrogens (tertiary/aromatic N) is 1. The van der Waals surface area contributed by atoms with Gasteiger partial charge in [-0.05, 0) is 12.1 Å². The monoisotopic (exact) mass is 260 g/mol. The summed E-state index contributed by atoms with van der Waals surface area (Å²) in [6, 6.07) is 5.63. The van der Waals surface area contributed by atoms with E-state index in [1.807, 2.05) is 30.4 Å². The van der Waals surface area contributed by atoms with Crippen LogP contribution in [-0.4, -0.2) is 26.1 Å². The van der Waals surface area contributed by atoms with Gasteiger partial charge in [0.15, 0.2) is 5.75 Å². The van der Waals surface area contributed by atoms with Gasteiger partial charge in [-0.15, -0.1) is 13.2 Å². The topological polar surface area (TPSA) is 41.6 Å². The number of carbonyl (C=O) groups is 1. The van der Waals surface area contributed by atoms with Crippen LogP contribution in [-0.2, 0) is 4.79 Å². The van der Waals surface area contributed by atoms with Gasteiger partial charge in [-0.2, -0.15) is 0 Å². The van der Waals surface area contributed by atoms with Crippen LogP contribution in [0.1, 0.15) is 6.92 Å². The molecule has 0 fully saturated rings. The highest BCUT2D eigenvalue weighted by atomic mass is 16.5. The Labute approximate surface area is 114 Å². The van der Waals surface area contributed by atoms with Crippen molar-refractivity contribution in [2.45, 2.75) is 6.92 Å². The second kappa shape index (κ2) is 7.26. The van der Waals surface area contributed by atoms with Crippen molar-refractivity contribution in [2.24, 2.45) is 0 Å². The summed E-state index contributed by atoms with van der Waals surface area (Å²) in [5.74, 6) is 0.510. The molecule has 1 N–H and O–H groups in total. The maximum Gasteiger partial charge on any atom is 0.221 e. The fourth-order valence-electron chi connectivity index (χ4n) is 1.86. The van der Waals surface area contributed by atoms with Crippen LogP contribution in [0, 0.1) is 0 Å². The molecule has 0 saturated heterocycles. The van der Waals surface area contributed by atoms with Crippen molar-refractivity contribution in [1.82, 2.24) is 0 Å². The predicted octanol–water partition coefficient (Wildman–Crippen LogP) is 2.83. The molecule has 0 unspecified atom stereocenters. The lowest BCUT2D eigenvalue weighted by molar-refractivity contribution is -0.114. The van der Waals surface area contributed by atoms with Crippen molar-refractivity contribution >= 4 is 17.3 Å². The summed E-state index contributed by atoms with van der Waals surface area (Å²) in [5.41, 5.74) is 1.55. The maximum absolute atomic E-state index is 11.2. The van der Waals surface area contributed by atoms with Crippen LogP contribution >= 0.6 is 0 Å². The normalized spacial score (nSPS) is 9.58. The first-order valence-electron chi connectivity index (χ1n) is 6.05. The van der Waals surface area contributed by atoms with E-state index in [4.69, 9.17) is 4.74 Å². The average molecular weight is 260 g/mol. The Hall–Kier alpha value is -2.23. The third kappa shape index (κ3) is 3.88. The smallest absolute Gasteiger partial charge is 0.221 e. The fraction of sp³-hybridized carbons (Fsp3) is 0.267. The zero-order valence-corrected chi connectivity index (χ0v) is 11.5. The summed E-state index contributed by atoms with van der Waals surface area (Å²) in [6.07, 6.45) is 3.63. The summed E-state index contributed by atoms with van der Waals surface area (Å²) in [6.45, 7) is 10.3. The molecule has 0 radical (unpaired) electrons. The van der Waals surface area contributed by atoms with Crippen LogP contribution in [0.25, 0.3) is 0 Å². The molecule has 0 saturated carbocycles. The van der Waals surface area contributed by atoms with Crippen LogP contribution < -0.4 is 15.0 Å². The summed E-state index contributed by atoms with van der Waals surface area (Å²) in [5, 5.41) is 2.76. The molecular weight excluding hydrogens is 240 g/mol. The lowest BCUT2D eigenvalue weighted by Gasteiger charge is -2.25. The quantitative estimate of drug-likeness (QED) is 0.766. The van der Waals surface area contributed by atoms with Crippen LogP contribution in [0.3, 0.4) is 0 Å². The lowest BCUT2D eigenvalue weighted by atomic mass is 10.2. The minimum atomic E-state index is -0.130. The number of hydrogen-bond acceptors (Lipinski definition) is 3. The van der Waals surface area contributed by atoms with E-state index >= 15 is 0 Å². The van der Waals surface area contributed by atoms with Crippen molar-refractivity contribution < 1.29 is 9.53 Å². The fourth-order valence-corrected chi connectivity index (χ4v) is 1.86. The minimum absolute atomic E-state index is 0.130. The Kier molecular flexibility index (Phi) is 5.67. The van der Waals surface area contributed by atoms with Gasteiger partial charge in [0.2, 0.25) is 5.91 Å². The molecule has 0 bridgehead atoms. The second-order valence-corrected chi connectivity index (χ2v) is 4.02. The second-order valence-electron chi connectivity index (χ2n) is 4.02. The van der Waals surface area contributed by atoms with Crippen LogP contribution in [0.15, 0.2) is 43.5 Å². The van der Waals surface area contributed by atoms with Gasteiger partial charge in [-0.3, -0.25) is 4.79 Å². The van der Waals surface area contributed by atoms with Gasteiger partial charge < -0.3 is 15.0 Å². The highest BCUT2D eigenvalue weighted by molar-refractivity contribution is 5.92. The van der Waals surface area contributed by atoms with E-state index in [1.54, 1.807) is 7.11 Å². The number of methoxy groups -OCH3 is 1. The van der Waals surface area contributed by atoms with Crippen molar-refractivity contribution in [3.8, 4) is 5.75 Å². The number of rotatable bonds is 7. The summed E-state index contributed by atoms with van der Waals surface area (Å²) < 4.78 is 5.43. The first-order valence-corrected chi connectivity index (χ1v) is 6.05. The molecule has 1 amide bonds. The standard InChI is InChI=1S/C15H20N2O2/c1-5-10-17(11-6-2)14-9-7-8-13(15(14)19-4)16-12(3)18/h5-9H,1-2,10-11H2,3-4H3,(H,16,18). The third-order valence-corrected chi connectivity index (χ3v) is 2.55. The number of amides is 1. The molecule has 0 aromatic heterocycles. The third-order valence-electron chi connectivity index (χ3n) is 2.55. The van der Waals surface area contributed by atoms with Crippen LogP contribution in [0.5, 0.6) is 5.75 Å². The number of benzene rings is 1. The van der Waals surface area contributed by atoms with Gasteiger partial charge in [0.05, 0.1) is 18.5 Å². The molecule has 0 aliphatic heterocycles. The van der Waals surface area contributed by atoms with Gasteiger partial charge in [-0.25, -0.2) is 0 Å². The summed E-state index contributed by atoms with van der Waals surface area (Å²) >= 11 is 0. The molecule has 1 aromatic rings. The Bertz CT molecular complexity index is 459. The van der Waals surface area contributed by atoms with Gasteiger partial charge in [0.1, 0.15) is 0 Å². The number of hydrogen-bond donors (Lipinski definition) is 1. The highest BCUT2D eigenvalue weighted by Gasteiger charge is 2.14. The van der Waals surface area contributed by atoms with Crippen molar-refractivity contribution in [2.75, 3.05) is 30.4 Å². The van der Waals surface area contributed by atoms with Gasteiger partial charge in [0.25, 0.3) is 0 Å². The zero-order valence-electron chi connectivity index (χ0n) is 11.5. The van der Waals surface area contributed by atoms with E-state index in [2.05, 4.69) is 23.4 Å². The highest BCUT2D eigenvalue weighted by Crippen LogP contribution is 2.35. The number of ether oxygens (including phenoxy) is 1. The molecule has 1 rings (SSSR count). The first kappa shape index (κ1) is 14.8. The summed E-state index contributed by atoms with van der Waals surface area (Å²) in [7, 11) is 1.59. The van der Waals surface area contributed by atoms with E-state index in [1.165, 1.54) is 6.92 Å².